The maximum absolute atomic E-state index is 11.8. The Bertz CT molecular complexity index is 397. The first kappa shape index (κ1) is 32.3. The average Bonchev–Trinajstić information content (AvgIpc) is 2.78. The topological polar surface area (TPSA) is 35.5 Å². The van der Waals surface area contributed by atoms with E-state index in [-0.39, 0.29) is 6.10 Å². The molecule has 0 rings (SSSR count). The summed E-state index contributed by atoms with van der Waals surface area (Å²) in [6.07, 6.45) is 26.9. The molecular weight excluding hydrogens is 408 g/mol. The number of ether oxygens (including phenoxy) is 2. The van der Waals surface area contributed by atoms with E-state index in [2.05, 4.69) is 34.6 Å². The highest BCUT2D eigenvalue weighted by atomic mass is 16.7. The third kappa shape index (κ3) is 22.8. The van der Waals surface area contributed by atoms with Gasteiger partial charge in [-0.15, -0.1) is 0 Å². The zero-order valence-corrected chi connectivity index (χ0v) is 23.3. The molecule has 3 nitrogen and oxygen atoms in total. The van der Waals surface area contributed by atoms with E-state index in [1.165, 1.54) is 116 Å². The lowest BCUT2D eigenvalue weighted by molar-refractivity contribution is -0.0110. The Morgan fingerprint density at radius 3 is 1.12 bits per heavy atom. The molecular formula is C30H60O3. The Hall–Kier alpha value is -0.730. The minimum atomic E-state index is -0.500. The standard InChI is InChI=1S/C30H60O3/c1-6-7-8-9-10-11-12-13-14-15-16-17-18-19-20-21-22-23-24-25-26-32-30(31)33-29(27(2)3)28(4)5/h27-29H,6-26H2,1-5H3. The number of hydrogen-bond acceptors (Lipinski definition) is 3. The molecule has 0 radical (unpaired) electrons. The monoisotopic (exact) mass is 468 g/mol. The van der Waals surface area contributed by atoms with Gasteiger partial charge in [0.25, 0.3) is 0 Å². The Morgan fingerprint density at radius 1 is 0.515 bits per heavy atom. The second-order valence-corrected chi connectivity index (χ2v) is 10.9. The molecule has 0 saturated carbocycles. The predicted molar refractivity (Wildman–Crippen MR) is 144 cm³/mol. The van der Waals surface area contributed by atoms with Crippen molar-refractivity contribution in [1.29, 1.82) is 0 Å². The third-order valence-electron chi connectivity index (χ3n) is 6.76. The van der Waals surface area contributed by atoms with Gasteiger partial charge in [0, 0.05) is 0 Å². The molecule has 33 heavy (non-hydrogen) atoms. The molecule has 0 aromatic rings. The van der Waals surface area contributed by atoms with Crippen molar-refractivity contribution >= 4 is 6.16 Å². The summed E-state index contributed by atoms with van der Waals surface area (Å²) >= 11 is 0. The molecule has 0 saturated heterocycles. The minimum absolute atomic E-state index is 0.0626. The fourth-order valence-corrected chi connectivity index (χ4v) is 4.70. The molecule has 0 heterocycles. The number of carbonyl (C=O) groups is 1. The van der Waals surface area contributed by atoms with Gasteiger partial charge in [-0.3, -0.25) is 0 Å². The fourth-order valence-electron chi connectivity index (χ4n) is 4.70. The van der Waals surface area contributed by atoms with Gasteiger partial charge < -0.3 is 9.47 Å². The molecule has 3 heteroatoms. The number of rotatable bonds is 24. The van der Waals surface area contributed by atoms with Crippen molar-refractivity contribution < 1.29 is 14.3 Å². The molecule has 0 aromatic heterocycles. The average molecular weight is 469 g/mol. The van der Waals surface area contributed by atoms with Gasteiger partial charge in [-0.05, 0) is 18.3 Å². The van der Waals surface area contributed by atoms with E-state index >= 15 is 0 Å². The van der Waals surface area contributed by atoms with E-state index in [4.69, 9.17) is 9.47 Å². The highest BCUT2D eigenvalue weighted by molar-refractivity contribution is 5.60. The molecule has 0 aromatic carbocycles. The van der Waals surface area contributed by atoms with Crippen molar-refractivity contribution in [2.45, 2.75) is 169 Å². The van der Waals surface area contributed by atoms with Crippen molar-refractivity contribution in [3.63, 3.8) is 0 Å². The van der Waals surface area contributed by atoms with Crippen LogP contribution in [0.3, 0.4) is 0 Å². The van der Waals surface area contributed by atoms with Crippen LogP contribution in [0.4, 0.5) is 4.79 Å². The van der Waals surface area contributed by atoms with E-state index in [9.17, 15) is 4.79 Å². The zero-order chi connectivity index (χ0) is 24.6. The highest BCUT2D eigenvalue weighted by Crippen LogP contribution is 2.17. The SMILES string of the molecule is CCCCCCCCCCCCCCCCCCCCCCOC(=O)OC(C(C)C)C(C)C. The molecule has 0 N–H and O–H groups in total. The number of carbonyl (C=O) groups excluding carboxylic acids is 1. The van der Waals surface area contributed by atoms with E-state index in [1.54, 1.807) is 0 Å². The van der Waals surface area contributed by atoms with Gasteiger partial charge in [0.15, 0.2) is 0 Å². The Kier molecular flexibility index (Phi) is 23.9. The molecule has 0 unspecified atom stereocenters. The van der Waals surface area contributed by atoms with Crippen LogP contribution in [0.1, 0.15) is 163 Å². The van der Waals surface area contributed by atoms with Crippen LogP contribution >= 0.6 is 0 Å². The molecule has 0 aliphatic rings. The summed E-state index contributed by atoms with van der Waals surface area (Å²) in [5.41, 5.74) is 0. The molecule has 0 aliphatic carbocycles. The van der Waals surface area contributed by atoms with Crippen molar-refractivity contribution in [1.82, 2.24) is 0 Å². The maximum atomic E-state index is 11.8. The highest BCUT2D eigenvalue weighted by Gasteiger charge is 2.22. The summed E-state index contributed by atoms with van der Waals surface area (Å²) in [6.45, 7) is 11.1. The second-order valence-electron chi connectivity index (χ2n) is 10.9. The van der Waals surface area contributed by atoms with Crippen LogP contribution in [0.5, 0.6) is 0 Å². The van der Waals surface area contributed by atoms with E-state index in [0.717, 1.165) is 12.8 Å². The van der Waals surface area contributed by atoms with Gasteiger partial charge in [0.05, 0.1) is 6.61 Å². The summed E-state index contributed by atoms with van der Waals surface area (Å²) in [4.78, 5) is 11.8. The molecule has 0 fully saturated rings. The van der Waals surface area contributed by atoms with Gasteiger partial charge in [0.1, 0.15) is 6.10 Å². The van der Waals surface area contributed by atoms with Crippen molar-refractivity contribution in [3.05, 3.63) is 0 Å². The lowest BCUT2D eigenvalue weighted by Crippen LogP contribution is -2.29. The van der Waals surface area contributed by atoms with Gasteiger partial charge in [-0.1, -0.05) is 157 Å². The van der Waals surface area contributed by atoms with Crippen LogP contribution < -0.4 is 0 Å². The number of hydrogen-bond donors (Lipinski definition) is 0. The van der Waals surface area contributed by atoms with Crippen LogP contribution in [-0.2, 0) is 9.47 Å². The van der Waals surface area contributed by atoms with Crippen LogP contribution in [0.2, 0.25) is 0 Å². The first-order valence-electron chi connectivity index (χ1n) is 14.8. The largest absolute Gasteiger partial charge is 0.508 e. The van der Waals surface area contributed by atoms with Crippen molar-refractivity contribution in [2.75, 3.05) is 6.61 Å². The lowest BCUT2D eigenvalue weighted by atomic mass is 9.96. The summed E-state index contributed by atoms with van der Waals surface area (Å²) in [5, 5.41) is 0. The fraction of sp³-hybridized carbons (Fsp3) is 0.967. The van der Waals surface area contributed by atoms with Crippen LogP contribution in [0.15, 0.2) is 0 Å². The quantitative estimate of drug-likeness (QED) is 0.104. The summed E-state index contributed by atoms with van der Waals surface area (Å²) < 4.78 is 10.7. The summed E-state index contributed by atoms with van der Waals surface area (Å²) in [7, 11) is 0. The van der Waals surface area contributed by atoms with Gasteiger partial charge in [-0.25, -0.2) is 4.79 Å². The third-order valence-corrected chi connectivity index (χ3v) is 6.76. The first-order chi connectivity index (χ1) is 16.0. The second kappa shape index (κ2) is 24.4. The summed E-state index contributed by atoms with van der Waals surface area (Å²) in [5.74, 6) is 0.634. The molecule has 0 amide bonds. The zero-order valence-electron chi connectivity index (χ0n) is 23.3. The smallest absolute Gasteiger partial charge is 0.434 e. The van der Waals surface area contributed by atoms with Crippen molar-refractivity contribution in [3.8, 4) is 0 Å². The van der Waals surface area contributed by atoms with E-state index in [1.807, 2.05) is 0 Å². The van der Waals surface area contributed by atoms with Crippen LogP contribution in [-0.4, -0.2) is 18.9 Å². The minimum Gasteiger partial charge on any atom is -0.434 e. The Balaban J connectivity index is 3.25. The number of unbranched alkanes of at least 4 members (excludes halogenated alkanes) is 19. The molecule has 0 bridgehead atoms. The summed E-state index contributed by atoms with van der Waals surface area (Å²) in [6, 6.07) is 0. The molecule has 0 spiro atoms. The molecule has 0 aliphatic heterocycles. The molecule has 0 atom stereocenters. The van der Waals surface area contributed by atoms with Gasteiger partial charge in [-0.2, -0.15) is 0 Å². The predicted octanol–water partition coefficient (Wildman–Crippen LogP) is 10.6. The van der Waals surface area contributed by atoms with Gasteiger partial charge in [0.2, 0.25) is 0 Å². The van der Waals surface area contributed by atoms with E-state index < -0.39 is 6.16 Å². The molecule has 198 valence electrons. The Labute approximate surface area is 208 Å². The van der Waals surface area contributed by atoms with Crippen LogP contribution in [0.25, 0.3) is 0 Å². The maximum Gasteiger partial charge on any atom is 0.508 e. The van der Waals surface area contributed by atoms with E-state index in [0.29, 0.717) is 18.4 Å². The van der Waals surface area contributed by atoms with Gasteiger partial charge >= 0.3 is 6.16 Å². The lowest BCUT2D eigenvalue weighted by Gasteiger charge is -2.24. The Morgan fingerprint density at radius 2 is 0.818 bits per heavy atom. The normalized spacial score (nSPS) is 11.6. The van der Waals surface area contributed by atoms with Crippen molar-refractivity contribution in [2.24, 2.45) is 11.8 Å². The van der Waals surface area contributed by atoms with Crippen LogP contribution in [0, 0.1) is 11.8 Å². The first-order valence-corrected chi connectivity index (χ1v) is 14.8.